The van der Waals surface area contributed by atoms with Crippen molar-refractivity contribution in [1.29, 1.82) is 0 Å². The van der Waals surface area contributed by atoms with Crippen LogP contribution in [0.1, 0.15) is 31.2 Å². The molecule has 1 aromatic heterocycles. The molecule has 0 spiro atoms. The number of fused-ring (bicyclic) bond motifs is 1. The molecule has 2 N–H and O–H groups in total. The fourth-order valence-electron chi connectivity index (χ4n) is 3.19. The quantitative estimate of drug-likeness (QED) is 0.855. The van der Waals surface area contributed by atoms with E-state index in [1.54, 1.807) is 0 Å². The van der Waals surface area contributed by atoms with Crippen LogP contribution in [-0.2, 0) is 5.41 Å². The van der Waals surface area contributed by atoms with Gasteiger partial charge >= 0.3 is 0 Å². The largest absolute Gasteiger partial charge is 0.330 e. The molecule has 1 aliphatic carbocycles. The van der Waals surface area contributed by atoms with Crippen molar-refractivity contribution >= 4 is 10.9 Å². The highest BCUT2D eigenvalue weighted by Crippen LogP contribution is 2.42. The Bertz CT molecular complexity index is 522. The lowest BCUT2D eigenvalue weighted by Gasteiger charge is -2.29. The van der Waals surface area contributed by atoms with E-state index in [0.29, 0.717) is 0 Å². The van der Waals surface area contributed by atoms with Crippen molar-refractivity contribution in [2.75, 3.05) is 6.54 Å². The second-order valence-electron chi connectivity index (χ2n) is 5.07. The summed E-state index contributed by atoms with van der Waals surface area (Å²) in [5.41, 5.74) is 8.76. The lowest BCUT2D eigenvalue weighted by molar-refractivity contribution is 0.456. The molecule has 1 heterocycles. The highest BCUT2D eigenvalue weighted by atomic mass is 14.7. The van der Waals surface area contributed by atoms with Crippen molar-refractivity contribution in [3.05, 3.63) is 42.1 Å². The van der Waals surface area contributed by atoms with E-state index in [9.17, 15) is 0 Å². The number of pyridine rings is 1. The summed E-state index contributed by atoms with van der Waals surface area (Å²) in [4.78, 5) is 4.44. The summed E-state index contributed by atoms with van der Waals surface area (Å²) in [7, 11) is 0. The van der Waals surface area contributed by atoms with Gasteiger partial charge in [0.2, 0.25) is 0 Å². The van der Waals surface area contributed by atoms with Gasteiger partial charge in [0, 0.05) is 23.5 Å². The molecule has 1 saturated carbocycles. The molecule has 0 radical (unpaired) electrons. The van der Waals surface area contributed by atoms with Crippen LogP contribution in [-0.4, -0.2) is 11.5 Å². The topological polar surface area (TPSA) is 38.9 Å². The molecule has 2 heteroatoms. The Morgan fingerprint density at radius 3 is 2.65 bits per heavy atom. The molecule has 3 rings (SSSR count). The van der Waals surface area contributed by atoms with Gasteiger partial charge < -0.3 is 5.73 Å². The van der Waals surface area contributed by atoms with Crippen LogP contribution >= 0.6 is 0 Å². The van der Waals surface area contributed by atoms with E-state index in [-0.39, 0.29) is 5.41 Å². The number of nitrogens with zero attached hydrogens (tertiary/aromatic N) is 1. The number of hydrogen-bond donors (Lipinski definition) is 1. The van der Waals surface area contributed by atoms with Gasteiger partial charge in [0.05, 0.1) is 5.52 Å². The minimum Gasteiger partial charge on any atom is -0.330 e. The Labute approximate surface area is 102 Å². The summed E-state index contributed by atoms with van der Waals surface area (Å²) in [6.45, 7) is 0.751. The molecule has 1 fully saturated rings. The molecule has 2 aromatic rings. The average Bonchev–Trinajstić information content (AvgIpc) is 2.88. The number of rotatable bonds is 2. The molecule has 0 atom stereocenters. The van der Waals surface area contributed by atoms with Gasteiger partial charge in [0.1, 0.15) is 0 Å². The number of aromatic nitrogens is 1. The standard InChI is InChI=1S/C15H18N2/c16-11-15(8-3-4-9-15)13-7-10-17-14-6-2-1-5-12(13)14/h1-2,5-7,10H,3-4,8-9,11,16H2. The Morgan fingerprint density at radius 2 is 1.88 bits per heavy atom. The van der Waals surface area contributed by atoms with Crippen LogP contribution < -0.4 is 5.73 Å². The predicted octanol–water partition coefficient (Wildman–Crippen LogP) is 3.01. The van der Waals surface area contributed by atoms with Gasteiger partial charge in [-0.15, -0.1) is 0 Å². The van der Waals surface area contributed by atoms with Crippen LogP contribution in [0.25, 0.3) is 10.9 Å². The Kier molecular flexibility index (Phi) is 2.60. The molecule has 0 unspecified atom stereocenters. The zero-order valence-electron chi connectivity index (χ0n) is 10.0. The van der Waals surface area contributed by atoms with E-state index < -0.39 is 0 Å². The number of nitrogens with two attached hydrogens (primary N) is 1. The highest BCUT2D eigenvalue weighted by Gasteiger charge is 2.35. The van der Waals surface area contributed by atoms with Crippen LogP contribution in [0.5, 0.6) is 0 Å². The van der Waals surface area contributed by atoms with E-state index >= 15 is 0 Å². The first kappa shape index (κ1) is 10.7. The highest BCUT2D eigenvalue weighted by molar-refractivity contribution is 5.83. The number of para-hydroxylation sites is 1. The first-order valence-corrected chi connectivity index (χ1v) is 6.40. The van der Waals surface area contributed by atoms with Crippen molar-refractivity contribution in [2.45, 2.75) is 31.1 Å². The molecule has 0 saturated heterocycles. The van der Waals surface area contributed by atoms with Gasteiger partial charge in [0.15, 0.2) is 0 Å². The molecule has 88 valence electrons. The third-order valence-corrected chi connectivity index (χ3v) is 4.17. The molecular weight excluding hydrogens is 208 g/mol. The van der Waals surface area contributed by atoms with Gasteiger partial charge in [-0.3, -0.25) is 4.98 Å². The average molecular weight is 226 g/mol. The third kappa shape index (κ3) is 1.64. The maximum atomic E-state index is 6.07. The van der Waals surface area contributed by atoms with Crippen LogP contribution in [0.3, 0.4) is 0 Å². The number of benzene rings is 1. The predicted molar refractivity (Wildman–Crippen MR) is 70.9 cm³/mol. The lowest BCUT2D eigenvalue weighted by atomic mass is 9.77. The summed E-state index contributed by atoms with van der Waals surface area (Å²) < 4.78 is 0. The van der Waals surface area contributed by atoms with Gasteiger partial charge in [0.25, 0.3) is 0 Å². The van der Waals surface area contributed by atoms with Crippen molar-refractivity contribution in [3.63, 3.8) is 0 Å². The van der Waals surface area contributed by atoms with Crippen molar-refractivity contribution < 1.29 is 0 Å². The molecule has 0 amide bonds. The molecule has 1 aromatic carbocycles. The molecule has 2 nitrogen and oxygen atoms in total. The molecular formula is C15H18N2. The van der Waals surface area contributed by atoms with Crippen LogP contribution in [0.4, 0.5) is 0 Å². The summed E-state index contributed by atoms with van der Waals surface area (Å²) in [6.07, 6.45) is 6.96. The second kappa shape index (κ2) is 4.11. The maximum Gasteiger partial charge on any atom is 0.0704 e. The van der Waals surface area contributed by atoms with E-state index in [1.807, 2.05) is 12.3 Å². The van der Waals surface area contributed by atoms with E-state index in [2.05, 4.69) is 29.2 Å². The van der Waals surface area contributed by atoms with E-state index in [4.69, 9.17) is 5.73 Å². The summed E-state index contributed by atoms with van der Waals surface area (Å²) in [5, 5.41) is 1.28. The molecule has 0 bridgehead atoms. The maximum absolute atomic E-state index is 6.07. The summed E-state index contributed by atoms with van der Waals surface area (Å²) in [5.74, 6) is 0. The summed E-state index contributed by atoms with van der Waals surface area (Å²) in [6, 6.07) is 10.6. The Morgan fingerprint density at radius 1 is 1.12 bits per heavy atom. The smallest absolute Gasteiger partial charge is 0.0704 e. The minimum atomic E-state index is 0.197. The van der Waals surface area contributed by atoms with Crippen molar-refractivity contribution in [2.24, 2.45) is 5.73 Å². The van der Waals surface area contributed by atoms with Gasteiger partial charge in [-0.1, -0.05) is 31.0 Å². The number of hydrogen-bond acceptors (Lipinski definition) is 2. The first-order valence-electron chi connectivity index (χ1n) is 6.40. The van der Waals surface area contributed by atoms with Gasteiger partial charge in [-0.05, 0) is 30.5 Å². The van der Waals surface area contributed by atoms with Crippen molar-refractivity contribution in [3.8, 4) is 0 Å². The zero-order valence-corrected chi connectivity index (χ0v) is 10.0. The summed E-state index contributed by atoms with van der Waals surface area (Å²) >= 11 is 0. The fourth-order valence-corrected chi connectivity index (χ4v) is 3.19. The van der Waals surface area contributed by atoms with E-state index in [0.717, 1.165) is 12.1 Å². The fraction of sp³-hybridized carbons (Fsp3) is 0.400. The normalized spacial score (nSPS) is 18.6. The van der Waals surface area contributed by atoms with Crippen molar-refractivity contribution in [1.82, 2.24) is 4.98 Å². The minimum absolute atomic E-state index is 0.197. The Balaban J connectivity index is 2.22. The molecule has 17 heavy (non-hydrogen) atoms. The first-order chi connectivity index (χ1) is 8.36. The third-order valence-electron chi connectivity index (χ3n) is 4.17. The SMILES string of the molecule is NCC1(c2ccnc3ccccc23)CCCC1. The zero-order chi connectivity index (χ0) is 11.7. The molecule has 0 aliphatic heterocycles. The Hall–Kier alpha value is -1.41. The van der Waals surface area contributed by atoms with Crippen LogP contribution in [0, 0.1) is 0 Å². The lowest BCUT2D eigenvalue weighted by Crippen LogP contribution is -2.32. The van der Waals surface area contributed by atoms with Crippen LogP contribution in [0.15, 0.2) is 36.5 Å². The van der Waals surface area contributed by atoms with Gasteiger partial charge in [-0.25, -0.2) is 0 Å². The van der Waals surface area contributed by atoms with Gasteiger partial charge in [-0.2, -0.15) is 0 Å². The molecule has 1 aliphatic rings. The second-order valence-corrected chi connectivity index (χ2v) is 5.07. The monoisotopic (exact) mass is 226 g/mol. The van der Waals surface area contributed by atoms with Crippen LogP contribution in [0.2, 0.25) is 0 Å². The van der Waals surface area contributed by atoms with E-state index in [1.165, 1.54) is 36.6 Å².